The van der Waals surface area contributed by atoms with Crippen LogP contribution in [0.1, 0.15) is 31.9 Å². The van der Waals surface area contributed by atoms with Crippen molar-refractivity contribution in [3.05, 3.63) is 35.4 Å². The minimum atomic E-state index is -0.468. The van der Waals surface area contributed by atoms with Crippen LogP contribution >= 0.6 is 0 Å². The number of nitrogens with one attached hydrogen (secondary N) is 1. The van der Waals surface area contributed by atoms with E-state index in [2.05, 4.69) is 17.4 Å². The highest BCUT2D eigenvalue weighted by molar-refractivity contribution is 5.67. The first-order chi connectivity index (χ1) is 8.94. The van der Waals surface area contributed by atoms with Crippen LogP contribution in [-0.2, 0) is 22.5 Å². The van der Waals surface area contributed by atoms with Crippen LogP contribution in [0.2, 0.25) is 0 Å². The molecule has 0 fully saturated rings. The molecule has 104 valence electrons. The fourth-order valence-corrected chi connectivity index (χ4v) is 2.05. The molecule has 0 saturated heterocycles. The summed E-state index contributed by atoms with van der Waals surface area (Å²) in [4.78, 5) is 11.6. The SMILES string of the molecule is CC(C)(C)OC(=O)NCC1Cc2ccccc2CO1. The average molecular weight is 263 g/mol. The summed E-state index contributed by atoms with van der Waals surface area (Å²) < 4.78 is 10.9. The van der Waals surface area contributed by atoms with Gasteiger partial charge in [0.1, 0.15) is 5.60 Å². The first-order valence-electron chi connectivity index (χ1n) is 6.59. The average Bonchev–Trinajstić information content (AvgIpc) is 2.34. The first-order valence-corrected chi connectivity index (χ1v) is 6.59. The van der Waals surface area contributed by atoms with E-state index >= 15 is 0 Å². The lowest BCUT2D eigenvalue weighted by atomic mass is 9.99. The molecule has 2 rings (SSSR count). The van der Waals surface area contributed by atoms with E-state index in [0.717, 1.165) is 6.42 Å². The molecule has 1 heterocycles. The molecule has 1 atom stereocenters. The molecule has 0 radical (unpaired) electrons. The van der Waals surface area contributed by atoms with Gasteiger partial charge in [-0.1, -0.05) is 24.3 Å². The lowest BCUT2D eigenvalue weighted by Gasteiger charge is -2.26. The van der Waals surface area contributed by atoms with Crippen molar-refractivity contribution in [1.29, 1.82) is 0 Å². The topological polar surface area (TPSA) is 47.6 Å². The third-order valence-corrected chi connectivity index (χ3v) is 2.91. The Kier molecular flexibility index (Phi) is 4.10. The molecule has 1 unspecified atom stereocenters. The number of carbonyl (C=O) groups excluding carboxylic acids is 1. The van der Waals surface area contributed by atoms with E-state index < -0.39 is 11.7 Å². The van der Waals surface area contributed by atoms with Crippen molar-refractivity contribution in [3.8, 4) is 0 Å². The Labute approximate surface area is 114 Å². The Balaban J connectivity index is 1.81. The van der Waals surface area contributed by atoms with Gasteiger partial charge in [0.05, 0.1) is 12.7 Å². The molecular formula is C15H21NO3. The standard InChI is InChI=1S/C15H21NO3/c1-15(2,3)19-14(17)16-9-13-8-11-6-4-5-7-12(11)10-18-13/h4-7,13H,8-10H2,1-3H3,(H,16,17). The smallest absolute Gasteiger partial charge is 0.407 e. The number of ether oxygens (including phenoxy) is 2. The normalized spacial score (nSPS) is 18.6. The lowest BCUT2D eigenvalue weighted by Crippen LogP contribution is -2.39. The van der Waals surface area contributed by atoms with Crippen molar-refractivity contribution in [1.82, 2.24) is 5.32 Å². The molecule has 1 N–H and O–H groups in total. The minimum Gasteiger partial charge on any atom is -0.444 e. The maximum Gasteiger partial charge on any atom is 0.407 e. The van der Waals surface area contributed by atoms with Gasteiger partial charge in [-0.05, 0) is 31.9 Å². The highest BCUT2D eigenvalue weighted by Crippen LogP contribution is 2.19. The van der Waals surface area contributed by atoms with E-state index in [1.807, 2.05) is 32.9 Å². The molecule has 1 aliphatic heterocycles. The number of rotatable bonds is 2. The number of benzene rings is 1. The summed E-state index contributed by atoms with van der Waals surface area (Å²) in [7, 11) is 0. The summed E-state index contributed by atoms with van der Waals surface area (Å²) in [5.74, 6) is 0. The predicted octanol–water partition coefficient (Wildman–Crippen LogP) is 2.65. The van der Waals surface area contributed by atoms with Crippen molar-refractivity contribution in [2.75, 3.05) is 6.54 Å². The maximum atomic E-state index is 11.6. The second-order valence-corrected chi connectivity index (χ2v) is 5.79. The van der Waals surface area contributed by atoms with Crippen LogP contribution in [0.4, 0.5) is 4.79 Å². The van der Waals surface area contributed by atoms with Gasteiger partial charge < -0.3 is 14.8 Å². The fourth-order valence-electron chi connectivity index (χ4n) is 2.05. The van der Waals surface area contributed by atoms with Crippen LogP contribution in [0.25, 0.3) is 0 Å². The van der Waals surface area contributed by atoms with Crippen molar-refractivity contribution < 1.29 is 14.3 Å². The van der Waals surface area contributed by atoms with E-state index in [1.54, 1.807) is 0 Å². The van der Waals surface area contributed by atoms with Gasteiger partial charge >= 0.3 is 6.09 Å². The van der Waals surface area contributed by atoms with Gasteiger partial charge in [0, 0.05) is 13.0 Å². The lowest BCUT2D eigenvalue weighted by molar-refractivity contribution is 0.0202. The highest BCUT2D eigenvalue weighted by atomic mass is 16.6. The Morgan fingerprint density at radius 3 is 2.74 bits per heavy atom. The second kappa shape index (κ2) is 5.61. The largest absolute Gasteiger partial charge is 0.444 e. The Morgan fingerprint density at radius 1 is 1.37 bits per heavy atom. The summed E-state index contributed by atoms with van der Waals surface area (Å²) in [6.45, 7) is 6.62. The van der Waals surface area contributed by atoms with Gasteiger partial charge in [-0.25, -0.2) is 4.79 Å². The third kappa shape index (κ3) is 4.24. The van der Waals surface area contributed by atoms with E-state index in [-0.39, 0.29) is 6.10 Å². The van der Waals surface area contributed by atoms with Crippen LogP contribution in [0, 0.1) is 0 Å². The zero-order chi connectivity index (χ0) is 13.9. The molecule has 0 aliphatic carbocycles. The quantitative estimate of drug-likeness (QED) is 0.892. The molecule has 4 nitrogen and oxygen atoms in total. The van der Waals surface area contributed by atoms with Gasteiger partial charge in [0.15, 0.2) is 0 Å². The predicted molar refractivity (Wildman–Crippen MR) is 73.0 cm³/mol. The van der Waals surface area contributed by atoms with Crippen LogP contribution in [0.3, 0.4) is 0 Å². The molecule has 0 bridgehead atoms. The maximum absolute atomic E-state index is 11.6. The monoisotopic (exact) mass is 263 g/mol. The summed E-state index contributed by atoms with van der Waals surface area (Å²) in [6, 6.07) is 8.23. The Hall–Kier alpha value is -1.55. The molecule has 0 saturated carbocycles. The zero-order valence-corrected chi connectivity index (χ0v) is 11.7. The molecule has 0 spiro atoms. The van der Waals surface area contributed by atoms with Crippen molar-refractivity contribution in [2.45, 2.75) is 45.5 Å². The van der Waals surface area contributed by atoms with E-state index in [4.69, 9.17) is 9.47 Å². The summed E-state index contributed by atoms with van der Waals surface area (Å²) >= 11 is 0. The molecule has 4 heteroatoms. The summed E-state index contributed by atoms with van der Waals surface area (Å²) in [5.41, 5.74) is 2.06. The minimum absolute atomic E-state index is 0.0161. The van der Waals surface area contributed by atoms with E-state index in [9.17, 15) is 4.79 Å². The number of alkyl carbamates (subject to hydrolysis) is 1. The van der Waals surface area contributed by atoms with Crippen molar-refractivity contribution in [2.24, 2.45) is 0 Å². The van der Waals surface area contributed by atoms with Gasteiger partial charge in [-0.15, -0.1) is 0 Å². The Bertz CT molecular complexity index is 451. The van der Waals surface area contributed by atoms with Crippen LogP contribution < -0.4 is 5.32 Å². The van der Waals surface area contributed by atoms with Crippen LogP contribution in [0.15, 0.2) is 24.3 Å². The third-order valence-electron chi connectivity index (χ3n) is 2.91. The van der Waals surface area contributed by atoms with Gasteiger partial charge in [-0.3, -0.25) is 0 Å². The number of hydrogen-bond acceptors (Lipinski definition) is 3. The number of hydrogen-bond donors (Lipinski definition) is 1. The van der Waals surface area contributed by atoms with Crippen LogP contribution in [-0.4, -0.2) is 24.3 Å². The molecule has 1 aromatic rings. The second-order valence-electron chi connectivity index (χ2n) is 5.79. The molecule has 0 aromatic heterocycles. The van der Waals surface area contributed by atoms with Crippen LogP contribution in [0.5, 0.6) is 0 Å². The Morgan fingerprint density at radius 2 is 2.05 bits per heavy atom. The van der Waals surface area contributed by atoms with Crippen molar-refractivity contribution in [3.63, 3.8) is 0 Å². The number of fused-ring (bicyclic) bond motifs is 1. The summed E-state index contributed by atoms with van der Waals surface area (Å²) in [5, 5.41) is 2.75. The highest BCUT2D eigenvalue weighted by Gasteiger charge is 2.21. The van der Waals surface area contributed by atoms with E-state index in [0.29, 0.717) is 13.2 Å². The molecule has 19 heavy (non-hydrogen) atoms. The van der Waals surface area contributed by atoms with E-state index in [1.165, 1.54) is 11.1 Å². The van der Waals surface area contributed by atoms with Gasteiger partial charge in [0.25, 0.3) is 0 Å². The number of amides is 1. The van der Waals surface area contributed by atoms with Crippen molar-refractivity contribution >= 4 is 6.09 Å². The van der Waals surface area contributed by atoms with Gasteiger partial charge in [-0.2, -0.15) is 0 Å². The molecule has 1 aromatic carbocycles. The zero-order valence-electron chi connectivity index (χ0n) is 11.7. The first kappa shape index (κ1) is 13.9. The van der Waals surface area contributed by atoms with Gasteiger partial charge in [0.2, 0.25) is 0 Å². The summed E-state index contributed by atoms with van der Waals surface area (Å²) in [6.07, 6.45) is 0.448. The molecular weight excluding hydrogens is 242 g/mol. The molecule has 1 amide bonds. The number of carbonyl (C=O) groups is 1. The molecule has 1 aliphatic rings. The fraction of sp³-hybridized carbons (Fsp3) is 0.533.